The van der Waals surface area contributed by atoms with Crippen molar-refractivity contribution < 1.29 is 17.9 Å². The van der Waals surface area contributed by atoms with Gasteiger partial charge in [0.1, 0.15) is 16.3 Å². The SMILES string of the molecule is Cn1c(=O)n(C(CS(=O)(=O)c2ccccc2)c2ccccc2)c(=O)c2cc(C(=O)OCc3ccccc3)sc21. The van der Waals surface area contributed by atoms with Crippen molar-refractivity contribution in [1.29, 1.82) is 0 Å². The molecule has 0 fully saturated rings. The summed E-state index contributed by atoms with van der Waals surface area (Å²) in [6.07, 6.45) is 0. The zero-order chi connectivity index (χ0) is 27.6. The standard InChI is InChI=1S/C29H24N2O6S2/c1-30-27-23(17-25(38-27)28(33)37-18-20-11-5-2-6-12-20)26(32)31(29(30)34)24(21-13-7-3-8-14-21)19-39(35,36)22-15-9-4-10-16-22/h2-17,24H,18-19H2,1H3. The minimum Gasteiger partial charge on any atom is -0.457 e. The average molecular weight is 561 g/mol. The third-order valence-corrected chi connectivity index (χ3v) is 9.29. The van der Waals surface area contributed by atoms with Crippen molar-refractivity contribution in [2.75, 3.05) is 5.75 Å². The van der Waals surface area contributed by atoms with Crippen LogP contribution < -0.4 is 11.2 Å². The molecule has 8 nitrogen and oxygen atoms in total. The molecule has 5 aromatic rings. The molecule has 1 unspecified atom stereocenters. The molecule has 0 saturated carbocycles. The highest BCUT2D eigenvalue weighted by molar-refractivity contribution is 7.91. The maximum Gasteiger partial charge on any atom is 0.348 e. The molecule has 0 aliphatic carbocycles. The number of thiophene rings is 1. The highest BCUT2D eigenvalue weighted by Crippen LogP contribution is 2.26. The minimum atomic E-state index is -3.88. The lowest BCUT2D eigenvalue weighted by Gasteiger charge is -2.21. The Kier molecular flexibility index (Phi) is 7.32. The van der Waals surface area contributed by atoms with Crippen molar-refractivity contribution in [1.82, 2.24) is 9.13 Å². The first-order valence-corrected chi connectivity index (χ1v) is 14.5. The average Bonchev–Trinajstić information content (AvgIpc) is 3.42. The zero-order valence-electron chi connectivity index (χ0n) is 20.9. The normalized spacial score (nSPS) is 12.3. The molecule has 3 aromatic carbocycles. The summed E-state index contributed by atoms with van der Waals surface area (Å²) in [5, 5.41) is 0.131. The Morgan fingerprint density at radius 1 is 0.897 bits per heavy atom. The Labute approximate surface area is 228 Å². The Bertz CT molecular complexity index is 1860. The van der Waals surface area contributed by atoms with Crippen molar-refractivity contribution in [3.63, 3.8) is 0 Å². The third kappa shape index (κ3) is 5.34. The van der Waals surface area contributed by atoms with Gasteiger partial charge in [0.15, 0.2) is 9.84 Å². The quantitative estimate of drug-likeness (QED) is 0.264. The fourth-order valence-electron chi connectivity index (χ4n) is 4.35. The van der Waals surface area contributed by atoms with Crippen molar-refractivity contribution in [2.45, 2.75) is 17.5 Å². The number of aromatic nitrogens is 2. The van der Waals surface area contributed by atoms with E-state index in [2.05, 4.69) is 0 Å². The third-order valence-electron chi connectivity index (χ3n) is 6.35. The van der Waals surface area contributed by atoms with Gasteiger partial charge in [-0.3, -0.25) is 13.9 Å². The van der Waals surface area contributed by atoms with Crippen LogP contribution in [0.5, 0.6) is 0 Å². The number of esters is 1. The van der Waals surface area contributed by atoms with E-state index in [4.69, 9.17) is 4.74 Å². The molecule has 198 valence electrons. The summed E-state index contributed by atoms with van der Waals surface area (Å²) in [5.41, 5.74) is -0.0560. The molecule has 0 spiro atoms. The minimum absolute atomic E-state index is 0.0600. The smallest absolute Gasteiger partial charge is 0.348 e. The van der Waals surface area contributed by atoms with Gasteiger partial charge in [0.25, 0.3) is 5.56 Å². The molecule has 0 radical (unpaired) electrons. The van der Waals surface area contributed by atoms with E-state index < -0.39 is 38.9 Å². The second-order valence-corrected chi connectivity index (χ2v) is 12.0. The predicted molar refractivity (Wildman–Crippen MR) is 150 cm³/mol. The highest BCUT2D eigenvalue weighted by Gasteiger charge is 2.29. The highest BCUT2D eigenvalue weighted by atomic mass is 32.2. The lowest BCUT2D eigenvalue weighted by molar-refractivity contribution is 0.0478. The number of carbonyl (C=O) groups excluding carboxylic acids is 1. The van der Waals surface area contributed by atoms with Gasteiger partial charge in [-0.25, -0.2) is 18.0 Å². The molecule has 39 heavy (non-hydrogen) atoms. The van der Waals surface area contributed by atoms with Gasteiger partial charge >= 0.3 is 11.7 Å². The van der Waals surface area contributed by atoms with Crippen LogP contribution in [-0.2, 0) is 28.2 Å². The van der Waals surface area contributed by atoms with E-state index in [-0.39, 0.29) is 21.8 Å². The number of nitrogens with zero attached hydrogens (tertiary/aromatic N) is 2. The number of aryl methyl sites for hydroxylation is 1. The second kappa shape index (κ2) is 10.8. The maximum absolute atomic E-state index is 13.8. The molecule has 2 aromatic heterocycles. The molecule has 2 heterocycles. The molecule has 0 saturated heterocycles. The fourth-order valence-corrected chi connectivity index (χ4v) is 6.87. The molecule has 0 N–H and O–H groups in total. The number of ether oxygens (including phenoxy) is 1. The first kappa shape index (κ1) is 26.3. The van der Waals surface area contributed by atoms with Gasteiger partial charge in [0.2, 0.25) is 0 Å². The number of fused-ring (bicyclic) bond motifs is 1. The summed E-state index contributed by atoms with van der Waals surface area (Å²) in [4.78, 5) is 40.7. The topological polar surface area (TPSA) is 104 Å². The van der Waals surface area contributed by atoms with Crippen LogP contribution in [0.4, 0.5) is 0 Å². The van der Waals surface area contributed by atoms with Crippen LogP contribution >= 0.6 is 11.3 Å². The molecule has 0 bridgehead atoms. The summed E-state index contributed by atoms with van der Waals surface area (Å²) in [6, 6.07) is 26.0. The zero-order valence-corrected chi connectivity index (χ0v) is 22.5. The number of benzene rings is 3. The fraction of sp³-hybridized carbons (Fsp3) is 0.138. The number of hydrogen-bond acceptors (Lipinski definition) is 7. The van der Waals surface area contributed by atoms with Gasteiger partial charge in [0.05, 0.1) is 22.1 Å². The van der Waals surface area contributed by atoms with Crippen molar-refractivity contribution in [3.05, 3.63) is 134 Å². The van der Waals surface area contributed by atoms with Crippen LogP contribution in [0.15, 0.2) is 112 Å². The van der Waals surface area contributed by atoms with E-state index in [9.17, 15) is 22.8 Å². The molecule has 10 heteroatoms. The summed E-state index contributed by atoms with van der Waals surface area (Å²) in [6.45, 7) is 0.0600. The van der Waals surface area contributed by atoms with Crippen LogP contribution in [0.25, 0.3) is 10.2 Å². The summed E-state index contributed by atoms with van der Waals surface area (Å²) in [5.74, 6) is -1.12. The predicted octanol–water partition coefficient (Wildman–Crippen LogP) is 4.18. The Morgan fingerprint density at radius 2 is 1.49 bits per heavy atom. The first-order chi connectivity index (χ1) is 18.8. The van der Waals surface area contributed by atoms with Crippen molar-refractivity contribution in [2.24, 2.45) is 7.05 Å². The molecule has 5 rings (SSSR count). The second-order valence-electron chi connectivity index (χ2n) is 8.93. The van der Waals surface area contributed by atoms with E-state index in [0.717, 1.165) is 21.5 Å². The van der Waals surface area contributed by atoms with E-state index in [1.54, 1.807) is 48.5 Å². The van der Waals surface area contributed by atoms with Gasteiger partial charge in [0, 0.05) is 7.05 Å². The monoisotopic (exact) mass is 560 g/mol. The van der Waals surface area contributed by atoms with E-state index in [1.165, 1.54) is 29.8 Å². The molecular weight excluding hydrogens is 536 g/mol. The van der Waals surface area contributed by atoms with Crippen LogP contribution in [0.3, 0.4) is 0 Å². The van der Waals surface area contributed by atoms with Crippen molar-refractivity contribution in [3.8, 4) is 0 Å². The molecule has 0 amide bonds. The molecule has 1 atom stereocenters. The van der Waals surface area contributed by atoms with Gasteiger partial charge in [-0.05, 0) is 29.3 Å². The van der Waals surface area contributed by atoms with Crippen LogP contribution in [0.2, 0.25) is 0 Å². The van der Waals surface area contributed by atoms with E-state index in [0.29, 0.717) is 10.4 Å². The number of sulfone groups is 1. The number of hydrogen-bond donors (Lipinski definition) is 0. The van der Waals surface area contributed by atoms with Crippen LogP contribution in [0.1, 0.15) is 26.8 Å². The molecule has 0 aliphatic heterocycles. The molecular formula is C29H24N2O6S2. The Hall–Kier alpha value is -4.28. The lowest BCUT2D eigenvalue weighted by Crippen LogP contribution is -2.43. The Balaban J connectivity index is 1.59. The van der Waals surface area contributed by atoms with Crippen LogP contribution in [0, 0.1) is 0 Å². The largest absolute Gasteiger partial charge is 0.457 e. The van der Waals surface area contributed by atoms with Gasteiger partial charge in [-0.15, -0.1) is 11.3 Å². The van der Waals surface area contributed by atoms with Gasteiger partial charge in [-0.2, -0.15) is 0 Å². The summed E-state index contributed by atoms with van der Waals surface area (Å²) in [7, 11) is -2.39. The van der Waals surface area contributed by atoms with E-state index in [1.807, 2.05) is 30.3 Å². The Morgan fingerprint density at radius 3 is 2.13 bits per heavy atom. The summed E-state index contributed by atoms with van der Waals surface area (Å²) >= 11 is 0.979. The van der Waals surface area contributed by atoms with Crippen molar-refractivity contribution >= 4 is 37.4 Å². The number of rotatable bonds is 8. The lowest BCUT2D eigenvalue weighted by atomic mass is 10.1. The first-order valence-electron chi connectivity index (χ1n) is 12.0. The van der Waals surface area contributed by atoms with Gasteiger partial charge in [-0.1, -0.05) is 78.9 Å². The molecule has 0 aliphatic rings. The van der Waals surface area contributed by atoms with E-state index >= 15 is 0 Å². The summed E-state index contributed by atoms with van der Waals surface area (Å²) < 4.78 is 34.4. The number of carbonyl (C=O) groups is 1. The van der Waals surface area contributed by atoms with Gasteiger partial charge < -0.3 is 4.74 Å². The maximum atomic E-state index is 13.8. The van der Waals surface area contributed by atoms with Crippen LogP contribution in [-0.4, -0.2) is 29.3 Å².